The van der Waals surface area contributed by atoms with Crippen molar-refractivity contribution in [3.05, 3.63) is 83.8 Å². The van der Waals surface area contributed by atoms with Crippen LogP contribution in [0.5, 0.6) is 0 Å². The fourth-order valence-corrected chi connectivity index (χ4v) is 3.37. The van der Waals surface area contributed by atoms with E-state index < -0.39 is 0 Å². The predicted molar refractivity (Wildman–Crippen MR) is 107 cm³/mol. The molecule has 0 aliphatic carbocycles. The summed E-state index contributed by atoms with van der Waals surface area (Å²) < 4.78 is 0. The first-order valence-corrected chi connectivity index (χ1v) is 9.31. The maximum Gasteiger partial charge on any atom is 0.278 e. The molecule has 1 aromatic heterocycles. The smallest absolute Gasteiger partial charge is 0.278 e. The molecule has 2 aromatic carbocycles. The van der Waals surface area contributed by atoms with Gasteiger partial charge in [0.15, 0.2) is 0 Å². The minimum Gasteiger partial charge on any atom is -0.369 e. The van der Waals surface area contributed by atoms with Crippen molar-refractivity contribution in [1.82, 2.24) is 9.97 Å². The van der Waals surface area contributed by atoms with Crippen LogP contribution < -0.4 is 10.2 Å². The Balaban J connectivity index is 1.32. The summed E-state index contributed by atoms with van der Waals surface area (Å²) in [5, 5.41) is 3.27. The van der Waals surface area contributed by atoms with Gasteiger partial charge in [-0.2, -0.15) is 0 Å². The molecule has 2 heterocycles. The van der Waals surface area contributed by atoms with Crippen LogP contribution in [-0.2, 0) is 12.8 Å². The van der Waals surface area contributed by atoms with E-state index in [0.717, 1.165) is 31.5 Å². The van der Waals surface area contributed by atoms with Gasteiger partial charge in [-0.05, 0) is 36.5 Å². The molecule has 0 atom stereocenters. The molecular weight excluding hydrogens is 336 g/mol. The lowest BCUT2D eigenvalue weighted by Crippen LogP contribution is -2.29. The van der Waals surface area contributed by atoms with Crippen LogP contribution in [0.1, 0.15) is 28.0 Å². The first kappa shape index (κ1) is 17.2. The summed E-state index contributed by atoms with van der Waals surface area (Å²) in [7, 11) is 0. The topological polar surface area (TPSA) is 58.1 Å². The van der Waals surface area contributed by atoms with Crippen LogP contribution in [0, 0.1) is 0 Å². The minimum atomic E-state index is -0.0944. The van der Waals surface area contributed by atoms with Gasteiger partial charge in [-0.3, -0.25) is 4.79 Å². The van der Waals surface area contributed by atoms with Crippen LogP contribution in [0.3, 0.4) is 0 Å². The van der Waals surface area contributed by atoms with Crippen molar-refractivity contribution in [2.45, 2.75) is 19.3 Å². The molecule has 0 unspecified atom stereocenters. The lowest BCUT2D eigenvalue weighted by atomic mass is 10.1. The van der Waals surface area contributed by atoms with Crippen molar-refractivity contribution in [3.8, 4) is 0 Å². The third-order valence-corrected chi connectivity index (χ3v) is 4.79. The molecule has 4 rings (SSSR count). The lowest BCUT2D eigenvalue weighted by molar-refractivity contribution is 0.0984. The number of hydrogen-bond acceptors (Lipinski definition) is 4. The van der Waals surface area contributed by atoms with Crippen molar-refractivity contribution in [3.63, 3.8) is 0 Å². The van der Waals surface area contributed by atoms with E-state index in [2.05, 4.69) is 45.6 Å². The van der Waals surface area contributed by atoms with Crippen molar-refractivity contribution in [2.24, 2.45) is 0 Å². The normalized spacial score (nSPS) is 12.7. The number of carbonyl (C=O) groups excluding carboxylic acids is 1. The molecule has 1 amide bonds. The summed E-state index contributed by atoms with van der Waals surface area (Å²) in [6, 6.07) is 18.4. The van der Waals surface area contributed by atoms with Gasteiger partial charge in [0.2, 0.25) is 0 Å². The average Bonchev–Trinajstić information content (AvgIpc) is 3.16. The number of benzene rings is 2. The zero-order valence-corrected chi connectivity index (χ0v) is 15.1. The molecule has 0 saturated carbocycles. The van der Waals surface area contributed by atoms with Gasteiger partial charge in [0, 0.05) is 18.8 Å². The van der Waals surface area contributed by atoms with Crippen LogP contribution in [0.2, 0.25) is 0 Å². The van der Waals surface area contributed by atoms with Crippen molar-refractivity contribution in [2.75, 3.05) is 23.3 Å². The van der Waals surface area contributed by atoms with Gasteiger partial charge >= 0.3 is 0 Å². The van der Waals surface area contributed by atoms with Gasteiger partial charge < -0.3 is 10.2 Å². The predicted octanol–water partition coefficient (Wildman–Crippen LogP) is 3.72. The van der Waals surface area contributed by atoms with Crippen LogP contribution in [-0.4, -0.2) is 29.0 Å². The van der Waals surface area contributed by atoms with E-state index in [-0.39, 0.29) is 5.91 Å². The highest BCUT2D eigenvalue weighted by molar-refractivity contribution is 6.05. The Bertz CT molecular complexity index is 909. The third-order valence-electron chi connectivity index (χ3n) is 4.79. The van der Waals surface area contributed by atoms with Gasteiger partial charge in [0.05, 0.1) is 12.4 Å². The SMILES string of the molecule is O=C(c1cnc(NCCCc2ccccc2)cn1)N1CCc2ccccc21. The molecule has 27 heavy (non-hydrogen) atoms. The molecule has 0 fully saturated rings. The quantitative estimate of drug-likeness (QED) is 0.682. The van der Waals surface area contributed by atoms with Gasteiger partial charge in [-0.15, -0.1) is 0 Å². The number of aryl methyl sites for hydroxylation is 1. The third kappa shape index (κ3) is 3.97. The van der Waals surface area contributed by atoms with Crippen LogP contribution in [0.15, 0.2) is 67.0 Å². The lowest BCUT2D eigenvalue weighted by Gasteiger charge is -2.16. The number of rotatable bonds is 6. The maximum atomic E-state index is 12.7. The van der Waals surface area contributed by atoms with E-state index in [1.54, 1.807) is 17.3 Å². The maximum absolute atomic E-state index is 12.7. The van der Waals surface area contributed by atoms with Gasteiger partial charge in [-0.1, -0.05) is 48.5 Å². The number of anilines is 2. The average molecular weight is 358 g/mol. The Morgan fingerprint density at radius 2 is 1.81 bits per heavy atom. The fourth-order valence-electron chi connectivity index (χ4n) is 3.37. The molecule has 5 heteroatoms. The number of carbonyl (C=O) groups is 1. The Morgan fingerprint density at radius 1 is 1.00 bits per heavy atom. The molecule has 0 radical (unpaired) electrons. The van der Waals surface area contributed by atoms with E-state index in [0.29, 0.717) is 18.1 Å². The second kappa shape index (κ2) is 7.99. The van der Waals surface area contributed by atoms with Crippen LogP contribution in [0.4, 0.5) is 11.5 Å². The number of nitrogens with one attached hydrogen (secondary N) is 1. The van der Waals surface area contributed by atoms with Crippen LogP contribution >= 0.6 is 0 Å². The highest BCUT2D eigenvalue weighted by Crippen LogP contribution is 2.28. The molecule has 0 bridgehead atoms. The Kier molecular flexibility index (Phi) is 5.10. The Labute approximate surface area is 159 Å². The van der Waals surface area contributed by atoms with E-state index >= 15 is 0 Å². The molecule has 1 N–H and O–H groups in total. The number of hydrogen-bond donors (Lipinski definition) is 1. The standard InChI is InChI=1S/C22H22N4O/c27-22(26-14-12-18-10-4-5-11-20(18)26)19-15-25-21(16-24-19)23-13-6-9-17-7-2-1-3-8-17/h1-5,7-8,10-11,15-16H,6,9,12-14H2,(H,23,25). The van der Waals surface area contributed by atoms with Crippen molar-refractivity contribution < 1.29 is 4.79 Å². The monoisotopic (exact) mass is 358 g/mol. The summed E-state index contributed by atoms with van der Waals surface area (Å²) in [4.78, 5) is 23.2. The highest BCUT2D eigenvalue weighted by atomic mass is 16.2. The molecule has 1 aliphatic heterocycles. The largest absolute Gasteiger partial charge is 0.369 e. The number of nitrogens with zero attached hydrogens (tertiary/aromatic N) is 3. The first-order chi connectivity index (χ1) is 13.3. The molecule has 5 nitrogen and oxygen atoms in total. The molecule has 3 aromatic rings. The summed E-state index contributed by atoms with van der Waals surface area (Å²) in [6.45, 7) is 1.51. The number of amides is 1. The molecular formula is C22H22N4O. The zero-order valence-electron chi connectivity index (χ0n) is 15.1. The molecule has 1 aliphatic rings. The highest BCUT2D eigenvalue weighted by Gasteiger charge is 2.26. The van der Waals surface area contributed by atoms with Crippen molar-refractivity contribution >= 4 is 17.4 Å². The summed E-state index contributed by atoms with van der Waals surface area (Å²) in [5.41, 5.74) is 3.89. The summed E-state index contributed by atoms with van der Waals surface area (Å²) in [5.74, 6) is 0.601. The van der Waals surface area contributed by atoms with E-state index in [9.17, 15) is 4.79 Å². The van der Waals surface area contributed by atoms with Crippen LogP contribution in [0.25, 0.3) is 0 Å². The fraction of sp³-hybridized carbons (Fsp3) is 0.227. The second-order valence-corrected chi connectivity index (χ2v) is 6.64. The zero-order chi connectivity index (χ0) is 18.5. The van der Waals surface area contributed by atoms with Crippen molar-refractivity contribution in [1.29, 1.82) is 0 Å². The van der Waals surface area contributed by atoms with E-state index in [4.69, 9.17) is 0 Å². The first-order valence-electron chi connectivity index (χ1n) is 9.31. The minimum absolute atomic E-state index is 0.0944. The summed E-state index contributed by atoms with van der Waals surface area (Å²) >= 11 is 0. The molecule has 0 spiro atoms. The van der Waals surface area contributed by atoms with E-state index in [1.807, 2.05) is 24.3 Å². The van der Waals surface area contributed by atoms with Gasteiger partial charge in [0.1, 0.15) is 11.5 Å². The van der Waals surface area contributed by atoms with Gasteiger partial charge in [-0.25, -0.2) is 9.97 Å². The Hall–Kier alpha value is -3.21. The number of aromatic nitrogens is 2. The summed E-state index contributed by atoms with van der Waals surface area (Å²) in [6.07, 6.45) is 6.11. The van der Waals surface area contributed by atoms with Gasteiger partial charge in [0.25, 0.3) is 5.91 Å². The molecule has 136 valence electrons. The second-order valence-electron chi connectivity index (χ2n) is 6.64. The Morgan fingerprint density at radius 3 is 2.63 bits per heavy atom. The number of para-hydroxylation sites is 1. The van der Waals surface area contributed by atoms with E-state index in [1.165, 1.54) is 11.1 Å². The molecule has 0 saturated heterocycles. The number of fused-ring (bicyclic) bond motifs is 1.